The van der Waals surface area contributed by atoms with Gasteiger partial charge < -0.3 is 14.2 Å². The molecule has 1 aliphatic carbocycles. The van der Waals surface area contributed by atoms with Gasteiger partial charge in [0.15, 0.2) is 0 Å². The number of benzene rings is 2. The third kappa shape index (κ3) is 9.43. The molecule has 4 heteroatoms. The van der Waals surface area contributed by atoms with Gasteiger partial charge in [-0.1, -0.05) is 64.4 Å². The normalized spacial score (nSPS) is 17.5. The third-order valence-corrected chi connectivity index (χ3v) is 6.95. The lowest BCUT2D eigenvalue weighted by Crippen LogP contribution is -2.20. The first-order chi connectivity index (χ1) is 17.2. The summed E-state index contributed by atoms with van der Waals surface area (Å²) in [7, 11) is 0. The van der Waals surface area contributed by atoms with E-state index in [4.69, 9.17) is 14.2 Å². The predicted molar refractivity (Wildman–Crippen MR) is 142 cm³/mol. The number of rotatable bonds is 15. The summed E-state index contributed by atoms with van der Waals surface area (Å²) in [6.07, 6.45) is 16.0. The molecular formula is C31H42O4. The summed E-state index contributed by atoms with van der Waals surface area (Å²) in [5.74, 6) is 3.45. The van der Waals surface area contributed by atoms with Crippen molar-refractivity contribution in [1.29, 1.82) is 0 Å². The van der Waals surface area contributed by atoms with Gasteiger partial charge in [-0.25, -0.2) is 4.79 Å². The molecule has 0 heterocycles. The van der Waals surface area contributed by atoms with Gasteiger partial charge in [0.2, 0.25) is 0 Å². The van der Waals surface area contributed by atoms with Crippen LogP contribution in [0.1, 0.15) is 87.9 Å². The fourth-order valence-corrected chi connectivity index (χ4v) is 4.95. The van der Waals surface area contributed by atoms with Crippen LogP contribution in [0.5, 0.6) is 17.2 Å². The van der Waals surface area contributed by atoms with E-state index < -0.39 is 5.97 Å². The van der Waals surface area contributed by atoms with Gasteiger partial charge in [-0.2, -0.15) is 0 Å². The van der Waals surface area contributed by atoms with Crippen molar-refractivity contribution in [3.8, 4) is 17.2 Å². The van der Waals surface area contributed by atoms with Crippen LogP contribution in [0, 0.1) is 11.8 Å². The summed E-state index contributed by atoms with van der Waals surface area (Å²) in [5, 5.41) is 0. The first-order valence-electron chi connectivity index (χ1n) is 13.5. The zero-order chi connectivity index (χ0) is 24.7. The van der Waals surface area contributed by atoms with Crippen molar-refractivity contribution in [2.45, 2.75) is 77.6 Å². The Bertz CT molecular complexity index is 872. The molecule has 0 saturated heterocycles. The minimum atomic E-state index is -0.391. The molecule has 1 aliphatic rings. The van der Waals surface area contributed by atoms with Crippen molar-refractivity contribution in [2.24, 2.45) is 11.8 Å². The molecule has 0 spiro atoms. The van der Waals surface area contributed by atoms with Crippen LogP contribution in [0.15, 0.2) is 61.2 Å². The average Bonchev–Trinajstić information content (AvgIpc) is 2.89. The van der Waals surface area contributed by atoms with Crippen molar-refractivity contribution in [3.63, 3.8) is 0 Å². The highest BCUT2D eigenvalue weighted by Crippen LogP contribution is 2.36. The van der Waals surface area contributed by atoms with Crippen LogP contribution < -0.4 is 14.2 Å². The van der Waals surface area contributed by atoms with Crippen LogP contribution in [-0.4, -0.2) is 19.2 Å². The van der Waals surface area contributed by atoms with Crippen LogP contribution in [-0.2, 0) is 0 Å². The smallest absolute Gasteiger partial charge is 0.343 e. The van der Waals surface area contributed by atoms with Gasteiger partial charge in [0.1, 0.15) is 17.2 Å². The van der Waals surface area contributed by atoms with Crippen LogP contribution in [0.25, 0.3) is 0 Å². The van der Waals surface area contributed by atoms with E-state index in [9.17, 15) is 4.79 Å². The summed E-state index contributed by atoms with van der Waals surface area (Å²) >= 11 is 0. The van der Waals surface area contributed by atoms with Crippen LogP contribution >= 0.6 is 0 Å². The van der Waals surface area contributed by atoms with E-state index in [0.29, 0.717) is 17.9 Å². The van der Waals surface area contributed by atoms with Crippen LogP contribution in [0.2, 0.25) is 0 Å². The Morgan fingerprint density at radius 2 is 1.40 bits per heavy atom. The minimum absolute atomic E-state index is 0.391. The second kappa shape index (κ2) is 15.3. The van der Waals surface area contributed by atoms with Crippen molar-refractivity contribution >= 4 is 5.97 Å². The largest absolute Gasteiger partial charge is 0.494 e. The maximum Gasteiger partial charge on any atom is 0.343 e. The highest BCUT2D eigenvalue weighted by Gasteiger charge is 2.24. The van der Waals surface area contributed by atoms with E-state index >= 15 is 0 Å². The Morgan fingerprint density at radius 1 is 0.829 bits per heavy atom. The Hall–Kier alpha value is -2.75. The van der Waals surface area contributed by atoms with Gasteiger partial charge in [0, 0.05) is 0 Å². The van der Waals surface area contributed by atoms with E-state index in [1.807, 2.05) is 18.2 Å². The van der Waals surface area contributed by atoms with Crippen molar-refractivity contribution in [1.82, 2.24) is 0 Å². The SMILES string of the molecule is C=CCCOc1ccc(C(=O)Oc2ccc(OCCCC3CCCCC3CCCCC)cc2)cc1. The molecular weight excluding hydrogens is 436 g/mol. The molecule has 0 radical (unpaired) electrons. The van der Waals surface area contributed by atoms with Gasteiger partial charge in [-0.3, -0.25) is 0 Å². The lowest BCUT2D eigenvalue weighted by atomic mass is 9.74. The molecule has 1 saturated carbocycles. The lowest BCUT2D eigenvalue weighted by Gasteiger charge is -2.31. The number of unbranched alkanes of at least 4 members (excludes halogenated alkanes) is 2. The second-order valence-corrected chi connectivity index (χ2v) is 9.60. The van der Waals surface area contributed by atoms with E-state index in [1.165, 1.54) is 57.8 Å². The molecule has 2 aromatic rings. The standard InChI is InChI=1S/C31H42O4/c1-3-5-7-11-25-12-8-9-13-26(25)14-10-24-34-29-19-21-30(22-20-29)35-31(32)27-15-17-28(18-16-27)33-23-6-4-2/h4,15-22,25-26H,2-3,5-14,23-24H2,1H3. The third-order valence-electron chi connectivity index (χ3n) is 6.95. The number of ether oxygens (including phenoxy) is 3. The van der Waals surface area contributed by atoms with Gasteiger partial charge in [-0.15, -0.1) is 6.58 Å². The quantitative estimate of drug-likeness (QED) is 0.112. The number of esters is 1. The van der Waals surface area contributed by atoms with Gasteiger partial charge in [0.05, 0.1) is 18.8 Å². The van der Waals surface area contributed by atoms with E-state index in [2.05, 4.69) is 13.5 Å². The maximum atomic E-state index is 12.4. The minimum Gasteiger partial charge on any atom is -0.494 e. The fourth-order valence-electron chi connectivity index (χ4n) is 4.95. The molecule has 2 unspecified atom stereocenters. The highest BCUT2D eigenvalue weighted by molar-refractivity contribution is 5.91. The first kappa shape index (κ1) is 26.8. The molecule has 0 N–H and O–H groups in total. The van der Waals surface area contributed by atoms with Gasteiger partial charge in [-0.05, 0) is 79.6 Å². The van der Waals surface area contributed by atoms with E-state index in [-0.39, 0.29) is 0 Å². The highest BCUT2D eigenvalue weighted by atomic mass is 16.5. The summed E-state index contributed by atoms with van der Waals surface area (Å²) in [6, 6.07) is 14.3. The van der Waals surface area contributed by atoms with E-state index in [1.54, 1.807) is 36.4 Å². The van der Waals surface area contributed by atoms with Crippen LogP contribution in [0.4, 0.5) is 0 Å². The topological polar surface area (TPSA) is 44.8 Å². The van der Waals surface area contributed by atoms with Crippen molar-refractivity contribution in [2.75, 3.05) is 13.2 Å². The lowest BCUT2D eigenvalue weighted by molar-refractivity contribution is 0.0734. The molecule has 2 atom stereocenters. The second-order valence-electron chi connectivity index (χ2n) is 9.60. The van der Waals surface area contributed by atoms with Gasteiger partial charge >= 0.3 is 5.97 Å². The number of carbonyl (C=O) groups is 1. The summed E-state index contributed by atoms with van der Waals surface area (Å²) in [6.45, 7) is 7.27. The van der Waals surface area contributed by atoms with Gasteiger partial charge in [0.25, 0.3) is 0 Å². The number of carbonyl (C=O) groups excluding carboxylic acids is 1. The number of hydrogen-bond donors (Lipinski definition) is 0. The molecule has 190 valence electrons. The van der Waals surface area contributed by atoms with Crippen LogP contribution in [0.3, 0.4) is 0 Å². The molecule has 3 rings (SSSR count). The van der Waals surface area contributed by atoms with Crippen molar-refractivity contribution in [3.05, 3.63) is 66.7 Å². The Balaban J connectivity index is 1.38. The predicted octanol–water partition coefficient (Wildman–Crippen LogP) is 8.41. The Kier molecular flexibility index (Phi) is 11.7. The Labute approximate surface area is 211 Å². The number of hydrogen-bond acceptors (Lipinski definition) is 4. The average molecular weight is 479 g/mol. The molecule has 0 bridgehead atoms. The molecule has 0 aliphatic heterocycles. The van der Waals surface area contributed by atoms with Crippen molar-refractivity contribution < 1.29 is 19.0 Å². The fraction of sp³-hybridized carbons (Fsp3) is 0.516. The maximum absolute atomic E-state index is 12.4. The molecule has 2 aromatic carbocycles. The Morgan fingerprint density at radius 3 is 2.03 bits per heavy atom. The zero-order valence-electron chi connectivity index (χ0n) is 21.4. The molecule has 1 fully saturated rings. The summed E-state index contributed by atoms with van der Waals surface area (Å²) in [5.41, 5.74) is 0.483. The monoisotopic (exact) mass is 478 g/mol. The molecule has 4 nitrogen and oxygen atoms in total. The summed E-state index contributed by atoms with van der Waals surface area (Å²) in [4.78, 5) is 12.4. The molecule has 0 aromatic heterocycles. The summed E-state index contributed by atoms with van der Waals surface area (Å²) < 4.78 is 17.0. The first-order valence-corrected chi connectivity index (χ1v) is 13.5. The zero-order valence-corrected chi connectivity index (χ0v) is 21.4. The molecule has 0 amide bonds. The van der Waals surface area contributed by atoms with E-state index in [0.717, 1.165) is 42.8 Å². The molecule has 35 heavy (non-hydrogen) atoms.